The third-order valence-corrected chi connectivity index (χ3v) is 6.75. The molecule has 5 aromatic carbocycles. The van der Waals surface area contributed by atoms with Gasteiger partial charge >= 0.3 is 0 Å². The summed E-state index contributed by atoms with van der Waals surface area (Å²) in [6, 6.07) is 45.4. The lowest BCUT2D eigenvalue weighted by molar-refractivity contribution is 1.13. The van der Waals surface area contributed by atoms with Crippen LogP contribution in [-0.4, -0.2) is 9.13 Å². The molecule has 34 heavy (non-hydrogen) atoms. The van der Waals surface area contributed by atoms with Crippen molar-refractivity contribution >= 4 is 32.7 Å². The van der Waals surface area contributed by atoms with Gasteiger partial charge < -0.3 is 9.13 Å². The lowest BCUT2D eigenvalue weighted by Crippen LogP contribution is -1.93. The van der Waals surface area contributed by atoms with Crippen LogP contribution in [0, 0.1) is 0 Å². The minimum Gasteiger partial charge on any atom is -0.316 e. The van der Waals surface area contributed by atoms with Crippen LogP contribution in [0.5, 0.6) is 0 Å². The molecule has 160 valence electrons. The first-order valence-corrected chi connectivity index (χ1v) is 11.6. The van der Waals surface area contributed by atoms with Gasteiger partial charge in [0.25, 0.3) is 0 Å². The average Bonchev–Trinajstić information content (AvgIpc) is 3.46. The second kappa shape index (κ2) is 7.50. The Morgan fingerprint density at radius 3 is 1.76 bits per heavy atom. The van der Waals surface area contributed by atoms with Crippen molar-refractivity contribution in [1.82, 2.24) is 9.13 Å². The summed E-state index contributed by atoms with van der Waals surface area (Å²) in [5.41, 5.74) is 8.48. The number of hydrogen-bond donors (Lipinski definition) is 0. The molecule has 0 atom stereocenters. The van der Waals surface area contributed by atoms with Gasteiger partial charge in [0.15, 0.2) is 0 Å². The Balaban J connectivity index is 1.53. The number of rotatable bonds is 3. The molecule has 0 N–H and O–H groups in total. The highest BCUT2D eigenvalue weighted by Crippen LogP contribution is 2.37. The SMILES string of the molecule is c1ccc(-n2cc(-c3ccc4c5ccccc5n(-c5ccccc5)c4c3)c3ccccc32)cc1. The fourth-order valence-corrected chi connectivity index (χ4v) is 5.21. The van der Waals surface area contributed by atoms with E-state index >= 15 is 0 Å². The summed E-state index contributed by atoms with van der Waals surface area (Å²) in [6.45, 7) is 0. The van der Waals surface area contributed by atoms with E-state index in [1.165, 1.54) is 55.2 Å². The van der Waals surface area contributed by atoms with E-state index in [-0.39, 0.29) is 0 Å². The molecule has 0 saturated carbocycles. The Bertz CT molecular complexity index is 1790. The maximum Gasteiger partial charge on any atom is 0.0547 e. The Morgan fingerprint density at radius 1 is 0.412 bits per heavy atom. The van der Waals surface area contributed by atoms with Gasteiger partial charge in [0.2, 0.25) is 0 Å². The van der Waals surface area contributed by atoms with Crippen LogP contribution >= 0.6 is 0 Å². The first-order valence-electron chi connectivity index (χ1n) is 11.6. The van der Waals surface area contributed by atoms with Crippen LogP contribution < -0.4 is 0 Å². The normalized spacial score (nSPS) is 11.5. The van der Waals surface area contributed by atoms with Crippen LogP contribution in [0.2, 0.25) is 0 Å². The Hall–Kier alpha value is -4.56. The van der Waals surface area contributed by atoms with Crippen LogP contribution in [0.25, 0.3) is 55.2 Å². The number of para-hydroxylation sites is 4. The molecule has 0 radical (unpaired) electrons. The molecule has 7 aromatic rings. The smallest absolute Gasteiger partial charge is 0.0547 e. The molecule has 2 aromatic heterocycles. The van der Waals surface area contributed by atoms with E-state index in [1.807, 2.05) is 0 Å². The summed E-state index contributed by atoms with van der Waals surface area (Å²) in [5.74, 6) is 0. The predicted molar refractivity (Wildman–Crippen MR) is 143 cm³/mol. The van der Waals surface area contributed by atoms with Crippen LogP contribution in [0.15, 0.2) is 134 Å². The number of benzene rings is 5. The lowest BCUT2D eigenvalue weighted by Gasteiger charge is -2.08. The zero-order valence-corrected chi connectivity index (χ0v) is 18.6. The largest absolute Gasteiger partial charge is 0.316 e. The first-order chi connectivity index (χ1) is 16.9. The van der Waals surface area contributed by atoms with Crippen LogP contribution in [-0.2, 0) is 0 Å². The van der Waals surface area contributed by atoms with Crippen molar-refractivity contribution < 1.29 is 0 Å². The number of hydrogen-bond acceptors (Lipinski definition) is 0. The second-order valence-electron chi connectivity index (χ2n) is 8.69. The molecule has 7 rings (SSSR count). The van der Waals surface area contributed by atoms with Crippen molar-refractivity contribution in [2.45, 2.75) is 0 Å². The van der Waals surface area contributed by atoms with Crippen molar-refractivity contribution in [2.75, 3.05) is 0 Å². The minimum absolute atomic E-state index is 1.17. The molecule has 0 aliphatic carbocycles. The first kappa shape index (κ1) is 19.0. The molecule has 0 spiro atoms. The zero-order chi connectivity index (χ0) is 22.5. The summed E-state index contributed by atoms with van der Waals surface area (Å²) in [4.78, 5) is 0. The van der Waals surface area contributed by atoms with E-state index in [0.717, 1.165) is 0 Å². The second-order valence-corrected chi connectivity index (χ2v) is 8.69. The molecule has 0 saturated heterocycles. The predicted octanol–water partition coefficient (Wildman–Crippen LogP) is 8.39. The molecule has 0 unspecified atom stereocenters. The van der Waals surface area contributed by atoms with Crippen LogP contribution in [0.1, 0.15) is 0 Å². The summed E-state index contributed by atoms with van der Waals surface area (Å²) in [6.07, 6.45) is 2.27. The fraction of sp³-hybridized carbons (Fsp3) is 0. The summed E-state index contributed by atoms with van der Waals surface area (Å²) in [7, 11) is 0. The molecular weight excluding hydrogens is 412 g/mol. The van der Waals surface area contributed by atoms with Gasteiger partial charge in [0.1, 0.15) is 0 Å². The van der Waals surface area contributed by atoms with Crippen molar-refractivity contribution in [3.8, 4) is 22.5 Å². The molecule has 0 amide bonds. The van der Waals surface area contributed by atoms with E-state index < -0.39 is 0 Å². The number of aromatic nitrogens is 2. The summed E-state index contributed by atoms with van der Waals surface area (Å²) in [5, 5.41) is 3.81. The van der Waals surface area contributed by atoms with Gasteiger partial charge in [-0.3, -0.25) is 0 Å². The summed E-state index contributed by atoms with van der Waals surface area (Å²) >= 11 is 0. The van der Waals surface area contributed by atoms with Gasteiger partial charge in [-0.2, -0.15) is 0 Å². The van der Waals surface area contributed by atoms with Gasteiger partial charge in [-0.25, -0.2) is 0 Å². The van der Waals surface area contributed by atoms with Crippen molar-refractivity contribution in [2.24, 2.45) is 0 Å². The monoisotopic (exact) mass is 434 g/mol. The van der Waals surface area contributed by atoms with E-state index in [2.05, 4.69) is 143 Å². The molecular formula is C32H22N2. The highest BCUT2D eigenvalue weighted by atomic mass is 15.0. The van der Waals surface area contributed by atoms with Crippen molar-refractivity contribution in [1.29, 1.82) is 0 Å². The molecule has 0 bridgehead atoms. The van der Waals surface area contributed by atoms with Crippen molar-refractivity contribution in [3.63, 3.8) is 0 Å². The summed E-state index contributed by atoms with van der Waals surface area (Å²) < 4.78 is 4.67. The quantitative estimate of drug-likeness (QED) is 0.264. The Labute approximate surface area is 197 Å². The van der Waals surface area contributed by atoms with Gasteiger partial charge in [-0.05, 0) is 48.0 Å². The average molecular weight is 435 g/mol. The van der Waals surface area contributed by atoms with Crippen LogP contribution in [0.4, 0.5) is 0 Å². The van der Waals surface area contributed by atoms with E-state index in [1.54, 1.807) is 0 Å². The number of nitrogens with zero attached hydrogens (tertiary/aromatic N) is 2. The molecule has 2 nitrogen and oxygen atoms in total. The van der Waals surface area contributed by atoms with Crippen molar-refractivity contribution in [3.05, 3.63) is 134 Å². The van der Waals surface area contributed by atoms with E-state index in [9.17, 15) is 0 Å². The molecule has 0 fully saturated rings. The lowest BCUT2D eigenvalue weighted by atomic mass is 10.0. The van der Waals surface area contributed by atoms with Gasteiger partial charge in [-0.1, -0.05) is 84.9 Å². The van der Waals surface area contributed by atoms with Gasteiger partial charge in [-0.15, -0.1) is 0 Å². The maximum atomic E-state index is 2.38. The molecule has 2 heteroatoms. The van der Waals surface area contributed by atoms with Crippen LogP contribution in [0.3, 0.4) is 0 Å². The highest BCUT2D eigenvalue weighted by Gasteiger charge is 2.15. The zero-order valence-electron chi connectivity index (χ0n) is 18.6. The van der Waals surface area contributed by atoms with Gasteiger partial charge in [0, 0.05) is 39.3 Å². The van der Waals surface area contributed by atoms with Gasteiger partial charge in [0.05, 0.1) is 16.6 Å². The van der Waals surface area contributed by atoms with E-state index in [4.69, 9.17) is 0 Å². The third-order valence-electron chi connectivity index (χ3n) is 6.75. The topological polar surface area (TPSA) is 9.86 Å². The molecule has 0 aliphatic rings. The molecule has 2 heterocycles. The molecule has 0 aliphatic heterocycles. The van der Waals surface area contributed by atoms with E-state index in [0.29, 0.717) is 0 Å². The highest BCUT2D eigenvalue weighted by molar-refractivity contribution is 6.11. The number of fused-ring (bicyclic) bond motifs is 4. The minimum atomic E-state index is 1.17. The Kier molecular flexibility index (Phi) is 4.18. The standard InChI is InChI=1S/C32H22N2/c1-3-11-24(12-4-1)33-22-29(27-16-7-9-17-30(27)33)23-19-20-28-26-15-8-10-18-31(26)34(32(28)21-23)25-13-5-2-6-14-25/h1-22H. The fourth-order valence-electron chi connectivity index (χ4n) is 5.21. The Morgan fingerprint density at radius 2 is 1.00 bits per heavy atom. The third kappa shape index (κ3) is 2.82. The maximum absolute atomic E-state index is 2.38.